The Bertz CT molecular complexity index is 1090. The number of benzene rings is 1. The van der Waals surface area contributed by atoms with E-state index < -0.39 is 6.03 Å². The molecule has 0 spiro atoms. The maximum absolute atomic E-state index is 13.7. The number of aromatic amines is 1. The smallest absolute Gasteiger partial charge is 0.324 e. The molecular weight excluding hydrogens is 487 g/mol. The molecule has 3 amide bonds. The summed E-state index contributed by atoms with van der Waals surface area (Å²) in [6.07, 6.45) is 5.62. The predicted molar refractivity (Wildman–Crippen MR) is 144 cm³/mol. The summed E-state index contributed by atoms with van der Waals surface area (Å²) in [4.78, 5) is 45.2. The van der Waals surface area contributed by atoms with E-state index in [9.17, 15) is 14.4 Å². The topological polar surface area (TPSA) is 85.5 Å². The molecule has 2 aromatic rings. The Hall–Kier alpha value is -1.80. The highest BCUT2D eigenvalue weighted by molar-refractivity contribution is 8.43. The average Bonchev–Trinajstić information content (AvgIpc) is 3.26. The number of nitrogens with one attached hydrogen (secondary N) is 2. The molecule has 34 heavy (non-hydrogen) atoms. The highest BCUT2D eigenvalue weighted by atomic mass is 32.7. The van der Waals surface area contributed by atoms with E-state index in [0.29, 0.717) is 26.1 Å². The zero-order valence-electron chi connectivity index (χ0n) is 19.3. The van der Waals surface area contributed by atoms with E-state index in [1.54, 1.807) is 0 Å². The van der Waals surface area contributed by atoms with Crippen LogP contribution in [0.25, 0.3) is 10.9 Å². The van der Waals surface area contributed by atoms with Gasteiger partial charge in [-0.05, 0) is 37.0 Å². The second-order valence-corrected chi connectivity index (χ2v) is 11.2. The molecule has 0 bridgehead atoms. The molecule has 2 heterocycles. The molecule has 1 saturated heterocycles. The van der Waals surface area contributed by atoms with Gasteiger partial charge < -0.3 is 10.3 Å². The van der Waals surface area contributed by atoms with Crippen LogP contribution in [-0.2, 0) is 16.0 Å². The Morgan fingerprint density at radius 1 is 1.41 bits per heavy atom. The summed E-state index contributed by atoms with van der Waals surface area (Å²) in [5.74, 6) is 0.0892. The quantitative estimate of drug-likeness (QED) is 0.202. The molecule has 182 valence electrons. The molecule has 7 nitrogen and oxygen atoms in total. The predicted octanol–water partition coefficient (Wildman–Crippen LogP) is 3.98. The first-order valence-electron chi connectivity index (χ1n) is 11.5. The minimum Gasteiger partial charge on any atom is -0.361 e. The zero-order chi connectivity index (χ0) is 24.2. The molecule has 1 unspecified atom stereocenters. The number of amides is 3. The van der Waals surface area contributed by atoms with Gasteiger partial charge in [-0.1, -0.05) is 18.2 Å². The van der Waals surface area contributed by atoms with Crippen LogP contribution < -0.4 is 5.32 Å². The van der Waals surface area contributed by atoms with Crippen molar-refractivity contribution >= 4 is 60.2 Å². The summed E-state index contributed by atoms with van der Waals surface area (Å²) >= 11 is 5.32. The number of likely N-dealkylation sites (tertiary alicyclic amines) is 1. The normalized spacial score (nSPS) is 22.0. The van der Waals surface area contributed by atoms with Crippen molar-refractivity contribution in [3.8, 4) is 0 Å². The van der Waals surface area contributed by atoms with Gasteiger partial charge in [-0.3, -0.25) is 19.4 Å². The lowest BCUT2D eigenvalue weighted by Crippen LogP contribution is -2.55. The summed E-state index contributed by atoms with van der Waals surface area (Å²) in [6.45, 7) is 7.47. The van der Waals surface area contributed by atoms with Crippen molar-refractivity contribution in [2.24, 2.45) is 5.92 Å². The van der Waals surface area contributed by atoms with E-state index in [-0.39, 0.29) is 48.7 Å². The summed E-state index contributed by atoms with van der Waals surface area (Å²) in [5, 5.41) is 4.03. The first-order chi connectivity index (χ1) is 16.5. The zero-order valence-corrected chi connectivity index (χ0v) is 22.0. The van der Waals surface area contributed by atoms with Crippen LogP contribution in [0.3, 0.4) is 0 Å². The number of imide groups is 1. The van der Waals surface area contributed by atoms with E-state index >= 15 is 0 Å². The molecule has 1 aliphatic carbocycles. The number of thiol groups is 1. The number of rotatable bonds is 9. The second kappa shape index (κ2) is 11.3. The van der Waals surface area contributed by atoms with Gasteiger partial charge in [0.15, 0.2) is 5.52 Å². The van der Waals surface area contributed by atoms with Crippen LogP contribution in [0.15, 0.2) is 37.1 Å². The number of urea groups is 1. The Morgan fingerprint density at radius 3 is 2.97 bits per heavy atom. The number of fused-ring (bicyclic) bond motifs is 2. The maximum atomic E-state index is 13.7. The van der Waals surface area contributed by atoms with E-state index in [1.165, 1.54) is 33.2 Å². The number of hydrogen-bond donors (Lipinski definition) is 3. The highest BCUT2D eigenvalue weighted by Gasteiger charge is 2.44. The van der Waals surface area contributed by atoms with Gasteiger partial charge >= 0.3 is 6.03 Å². The Balaban J connectivity index is 1.60. The highest BCUT2D eigenvalue weighted by Crippen LogP contribution is 2.45. The van der Waals surface area contributed by atoms with Crippen molar-refractivity contribution in [2.75, 3.05) is 31.3 Å². The molecule has 4 atom stereocenters. The van der Waals surface area contributed by atoms with E-state index in [0.717, 1.165) is 11.9 Å². The van der Waals surface area contributed by atoms with Crippen molar-refractivity contribution in [3.63, 3.8) is 0 Å². The lowest BCUT2D eigenvalue weighted by molar-refractivity contribution is -0.134. The minimum atomic E-state index is -0.406. The molecule has 10 heteroatoms. The van der Waals surface area contributed by atoms with Crippen LogP contribution in [0, 0.1) is 5.92 Å². The molecular formula is C24H31N4O3PS2. The van der Waals surface area contributed by atoms with Gasteiger partial charge in [0, 0.05) is 56.5 Å². The summed E-state index contributed by atoms with van der Waals surface area (Å²) in [7, 11) is -0.0851. The second-order valence-electron chi connectivity index (χ2n) is 8.75. The standard InChI is InChI=1S/C24H31N4O3PS2/c1-3-8-27-12-16(23(30)28(24(31)25-4-2)14-34-13-21(29)32-33)9-18-17-6-5-7-19-22(17)15(11-26-19)10-20(18)27/h3,5-7,11,16,18,20,26,32-33H,1,4,8-10,12-14H2,2H3,(H,25,31)/t16-,18-,20-/m1/s1. The molecule has 1 aromatic carbocycles. The number of carbonyl (C=O) groups excluding carboxylic acids is 3. The number of nitrogens with zero attached hydrogens (tertiary/aromatic N) is 2. The van der Waals surface area contributed by atoms with Crippen LogP contribution in [0.1, 0.15) is 30.4 Å². The molecule has 0 radical (unpaired) electrons. The van der Waals surface area contributed by atoms with Crippen LogP contribution >= 0.6 is 31.8 Å². The Labute approximate surface area is 211 Å². The van der Waals surface area contributed by atoms with Gasteiger partial charge in [-0.2, -0.15) is 0 Å². The fraction of sp³-hybridized carbons (Fsp3) is 0.458. The maximum Gasteiger partial charge on any atom is 0.324 e. The first-order valence-corrected chi connectivity index (χ1v) is 15.0. The van der Waals surface area contributed by atoms with Gasteiger partial charge in [-0.25, -0.2) is 4.79 Å². The van der Waals surface area contributed by atoms with E-state index in [4.69, 9.17) is 0 Å². The number of hydrogen-bond acceptors (Lipinski definition) is 6. The lowest BCUT2D eigenvalue weighted by atomic mass is 9.72. The summed E-state index contributed by atoms with van der Waals surface area (Å²) < 4.78 is 0. The largest absolute Gasteiger partial charge is 0.361 e. The number of H-pyrrole nitrogens is 1. The van der Waals surface area contributed by atoms with Crippen LogP contribution in [0.5, 0.6) is 0 Å². The fourth-order valence-electron chi connectivity index (χ4n) is 5.30. The number of aromatic nitrogens is 1. The van der Waals surface area contributed by atoms with Gasteiger partial charge in [0.05, 0.1) is 17.5 Å². The minimum absolute atomic E-state index is 0.00639. The number of piperidine rings is 1. The van der Waals surface area contributed by atoms with Crippen molar-refractivity contribution in [1.29, 1.82) is 0 Å². The number of thioether (sulfide) groups is 1. The van der Waals surface area contributed by atoms with Gasteiger partial charge in [0.2, 0.25) is 5.91 Å². The Kier molecular flexibility index (Phi) is 8.40. The lowest BCUT2D eigenvalue weighted by Gasteiger charge is -2.47. The molecule has 1 aromatic heterocycles. The van der Waals surface area contributed by atoms with E-state index in [1.807, 2.05) is 13.0 Å². The van der Waals surface area contributed by atoms with Crippen LogP contribution in [0.2, 0.25) is 0 Å². The monoisotopic (exact) mass is 518 g/mol. The van der Waals surface area contributed by atoms with Gasteiger partial charge in [0.25, 0.3) is 0 Å². The van der Waals surface area contributed by atoms with Gasteiger partial charge in [-0.15, -0.1) is 30.6 Å². The third-order valence-electron chi connectivity index (χ3n) is 6.71. The van der Waals surface area contributed by atoms with Crippen LogP contribution in [0.4, 0.5) is 4.79 Å². The van der Waals surface area contributed by atoms with Gasteiger partial charge in [0.1, 0.15) is 0 Å². The van der Waals surface area contributed by atoms with Crippen molar-refractivity contribution < 1.29 is 14.4 Å². The van der Waals surface area contributed by atoms with E-state index in [2.05, 4.69) is 58.4 Å². The molecule has 2 aliphatic rings. The first kappa shape index (κ1) is 25.3. The summed E-state index contributed by atoms with van der Waals surface area (Å²) in [6, 6.07) is 6.22. The molecule has 1 fully saturated rings. The fourth-order valence-corrected chi connectivity index (χ4v) is 7.15. The summed E-state index contributed by atoms with van der Waals surface area (Å²) in [5.41, 5.74) is 3.73. The van der Waals surface area contributed by atoms with Crippen molar-refractivity contribution in [2.45, 2.75) is 31.7 Å². The SMILES string of the molecule is C=CCN1C[C@H](C(=O)N(CSCC(=O)PS)C(=O)NCC)C[C@@H]2c3cccc4[nH]cc(c34)C[C@H]21. The third-order valence-corrected chi connectivity index (χ3v) is 9.04. The van der Waals surface area contributed by atoms with Crippen molar-refractivity contribution in [1.82, 2.24) is 20.1 Å². The van der Waals surface area contributed by atoms with Crippen LogP contribution in [-0.4, -0.2) is 69.6 Å². The molecule has 2 N–H and O–H groups in total. The number of carbonyl (C=O) groups is 3. The molecule has 1 aliphatic heterocycles. The Morgan fingerprint density at radius 2 is 2.24 bits per heavy atom. The molecule has 4 rings (SSSR count). The average molecular weight is 519 g/mol. The molecule has 0 saturated carbocycles. The van der Waals surface area contributed by atoms with Crippen molar-refractivity contribution in [3.05, 3.63) is 48.2 Å². The third kappa shape index (κ3) is 5.08.